The van der Waals surface area contributed by atoms with E-state index >= 15 is 0 Å². The van der Waals surface area contributed by atoms with Crippen LogP contribution in [0.3, 0.4) is 0 Å². The molecule has 1 amide bonds. The highest BCUT2D eigenvalue weighted by molar-refractivity contribution is 7.92. The first-order valence-electron chi connectivity index (χ1n) is 11.5. The van der Waals surface area contributed by atoms with Crippen LogP contribution in [-0.2, 0) is 14.8 Å². The number of fused-ring (bicyclic) bond motifs is 1. The Hall–Kier alpha value is -2.45. The zero-order valence-corrected chi connectivity index (χ0v) is 19.2. The van der Waals surface area contributed by atoms with Crippen molar-refractivity contribution in [2.75, 3.05) is 13.1 Å². The van der Waals surface area contributed by atoms with Crippen LogP contribution < -0.4 is 5.32 Å². The van der Waals surface area contributed by atoms with Gasteiger partial charge in [0.05, 0.1) is 0 Å². The molecular formula is C24H30N4O3S. The van der Waals surface area contributed by atoms with Crippen LogP contribution in [0, 0.1) is 12.8 Å². The number of H-pyrrole nitrogens is 1. The molecule has 1 saturated heterocycles. The summed E-state index contributed by atoms with van der Waals surface area (Å²) in [6.07, 6.45) is 8.28. The number of amides is 1. The molecule has 0 unspecified atom stereocenters. The summed E-state index contributed by atoms with van der Waals surface area (Å²) in [6, 6.07) is 7.83. The van der Waals surface area contributed by atoms with Gasteiger partial charge in [0.25, 0.3) is 5.91 Å². The molecule has 3 heterocycles. The molecule has 1 aliphatic carbocycles. The molecular weight excluding hydrogens is 424 g/mol. The average molecular weight is 455 g/mol. The minimum atomic E-state index is -3.58. The maximum atomic E-state index is 13.0. The Morgan fingerprint density at radius 3 is 2.66 bits per heavy atom. The summed E-state index contributed by atoms with van der Waals surface area (Å²) in [5, 5.41) is 5.32. The Labute approximate surface area is 189 Å². The lowest BCUT2D eigenvalue weighted by atomic mass is 9.88. The van der Waals surface area contributed by atoms with E-state index < -0.39 is 15.6 Å². The molecule has 7 nitrogen and oxygen atoms in total. The van der Waals surface area contributed by atoms with Gasteiger partial charge in [0.15, 0.2) is 0 Å². The van der Waals surface area contributed by atoms with Gasteiger partial charge < -0.3 is 10.3 Å². The van der Waals surface area contributed by atoms with Crippen LogP contribution in [0.2, 0.25) is 0 Å². The normalized spacial score (nSPS) is 22.7. The van der Waals surface area contributed by atoms with Crippen LogP contribution in [0.1, 0.15) is 56.2 Å². The topological polar surface area (TPSA) is 94.6 Å². The van der Waals surface area contributed by atoms with Gasteiger partial charge >= 0.3 is 0 Å². The number of benzene rings is 1. The van der Waals surface area contributed by atoms with Crippen molar-refractivity contribution in [3.8, 4) is 0 Å². The number of hydrogen-bond acceptors (Lipinski definition) is 4. The summed E-state index contributed by atoms with van der Waals surface area (Å²) in [5.74, 6) is 1.12. The first-order chi connectivity index (χ1) is 15.4. The number of nitrogens with one attached hydrogen (secondary N) is 2. The first kappa shape index (κ1) is 21.4. The van der Waals surface area contributed by atoms with E-state index in [1.807, 2.05) is 31.2 Å². The van der Waals surface area contributed by atoms with E-state index in [2.05, 4.69) is 10.3 Å². The zero-order valence-electron chi connectivity index (χ0n) is 18.4. The fourth-order valence-corrected chi connectivity index (χ4v) is 6.45. The van der Waals surface area contributed by atoms with Crippen molar-refractivity contribution in [3.05, 3.63) is 40.9 Å². The lowest BCUT2D eigenvalue weighted by molar-refractivity contribution is -0.124. The molecule has 1 spiro atoms. The summed E-state index contributed by atoms with van der Waals surface area (Å²) >= 11 is 0. The van der Waals surface area contributed by atoms with E-state index in [1.165, 1.54) is 29.0 Å². The summed E-state index contributed by atoms with van der Waals surface area (Å²) in [7, 11) is -3.58. The van der Waals surface area contributed by atoms with E-state index in [0.29, 0.717) is 31.8 Å². The standard InChI is InChI=1S/C24H30N4O3S/c1-17-16-20-18(8-5-9-21(20)25-17)10-15-32(30,31)28-13-11-24(12-14-28)23(29)26-22(27-24)19-6-3-2-4-7-19/h5,8-10,15-16,19,25H,2-4,6-7,11-14H2,1H3,(H,26,27,29). The van der Waals surface area contributed by atoms with Crippen molar-refractivity contribution < 1.29 is 13.2 Å². The van der Waals surface area contributed by atoms with Crippen LogP contribution in [0.25, 0.3) is 17.0 Å². The Balaban J connectivity index is 1.29. The number of amidine groups is 1. The van der Waals surface area contributed by atoms with Crippen molar-refractivity contribution in [1.29, 1.82) is 0 Å². The molecule has 0 bridgehead atoms. The molecule has 1 aromatic heterocycles. The van der Waals surface area contributed by atoms with Crippen molar-refractivity contribution in [1.82, 2.24) is 14.6 Å². The minimum Gasteiger partial charge on any atom is -0.359 e. The number of aromatic nitrogens is 1. The van der Waals surface area contributed by atoms with Gasteiger partial charge in [0.2, 0.25) is 10.0 Å². The number of aliphatic imine (C=N–C) groups is 1. The Bertz CT molecular complexity index is 1200. The van der Waals surface area contributed by atoms with Crippen molar-refractivity contribution in [3.63, 3.8) is 0 Å². The molecule has 0 radical (unpaired) electrons. The Morgan fingerprint density at radius 1 is 1.16 bits per heavy atom. The Morgan fingerprint density at radius 2 is 1.91 bits per heavy atom. The maximum absolute atomic E-state index is 13.0. The molecule has 32 heavy (non-hydrogen) atoms. The number of sulfonamides is 1. The molecule has 1 saturated carbocycles. The number of carbonyl (C=O) groups is 1. The van der Waals surface area contributed by atoms with Crippen LogP contribution in [0.5, 0.6) is 0 Å². The van der Waals surface area contributed by atoms with Gasteiger partial charge in [-0.1, -0.05) is 31.4 Å². The van der Waals surface area contributed by atoms with Gasteiger partial charge in [-0.2, -0.15) is 4.31 Å². The van der Waals surface area contributed by atoms with Crippen LogP contribution >= 0.6 is 0 Å². The van der Waals surface area contributed by atoms with E-state index in [-0.39, 0.29) is 5.91 Å². The number of piperidine rings is 1. The predicted molar refractivity (Wildman–Crippen MR) is 127 cm³/mol. The third-order valence-corrected chi connectivity index (χ3v) is 8.72. The molecule has 2 N–H and O–H groups in total. The predicted octanol–water partition coefficient (Wildman–Crippen LogP) is 3.72. The summed E-state index contributed by atoms with van der Waals surface area (Å²) in [4.78, 5) is 20.9. The molecule has 2 aliphatic heterocycles. The highest BCUT2D eigenvalue weighted by Gasteiger charge is 2.48. The van der Waals surface area contributed by atoms with E-state index in [4.69, 9.17) is 4.99 Å². The van der Waals surface area contributed by atoms with Gasteiger partial charge in [-0.3, -0.25) is 9.79 Å². The maximum Gasteiger partial charge on any atom is 0.253 e. The molecule has 3 aliphatic rings. The third-order valence-electron chi connectivity index (χ3n) is 7.15. The first-order valence-corrected chi connectivity index (χ1v) is 13.0. The molecule has 170 valence electrons. The van der Waals surface area contributed by atoms with Crippen molar-refractivity contribution in [2.45, 2.75) is 57.4 Å². The quantitative estimate of drug-likeness (QED) is 0.737. The van der Waals surface area contributed by atoms with Crippen molar-refractivity contribution >= 4 is 38.7 Å². The number of nitrogens with zero attached hydrogens (tertiary/aromatic N) is 2. The summed E-state index contributed by atoms with van der Waals surface area (Å²) in [5.41, 5.74) is 2.09. The van der Waals surface area contributed by atoms with Crippen molar-refractivity contribution in [2.24, 2.45) is 10.9 Å². The van der Waals surface area contributed by atoms with Gasteiger partial charge in [-0.05, 0) is 56.4 Å². The summed E-state index contributed by atoms with van der Waals surface area (Å²) < 4.78 is 27.5. The largest absolute Gasteiger partial charge is 0.359 e. The van der Waals surface area contributed by atoms with Gasteiger partial charge in [-0.15, -0.1) is 0 Å². The number of carbonyl (C=O) groups excluding carboxylic acids is 1. The van der Waals surface area contributed by atoms with Crippen LogP contribution in [0.4, 0.5) is 0 Å². The number of hydrogen-bond donors (Lipinski definition) is 2. The van der Waals surface area contributed by atoms with E-state index in [0.717, 1.165) is 40.8 Å². The monoisotopic (exact) mass is 454 g/mol. The lowest BCUT2D eigenvalue weighted by Crippen LogP contribution is -2.50. The van der Waals surface area contributed by atoms with E-state index in [9.17, 15) is 13.2 Å². The molecule has 1 aromatic carbocycles. The van der Waals surface area contributed by atoms with Gasteiger partial charge in [0, 0.05) is 41.0 Å². The van der Waals surface area contributed by atoms with E-state index in [1.54, 1.807) is 6.08 Å². The summed E-state index contributed by atoms with van der Waals surface area (Å²) in [6.45, 7) is 2.58. The highest BCUT2D eigenvalue weighted by atomic mass is 32.2. The molecule has 2 fully saturated rings. The second-order valence-electron chi connectivity index (χ2n) is 9.33. The molecule has 5 rings (SSSR count). The smallest absolute Gasteiger partial charge is 0.253 e. The lowest BCUT2D eigenvalue weighted by Gasteiger charge is -2.34. The minimum absolute atomic E-state index is 0.0554. The fraction of sp³-hybridized carbons (Fsp3) is 0.500. The molecule has 2 aromatic rings. The SMILES string of the molecule is Cc1cc2c(C=CS(=O)(=O)N3CCC4(CC3)N=C(C3CCCCC3)NC4=O)cccc2[nH]1. The second-order valence-corrected chi connectivity index (χ2v) is 11.1. The van der Waals surface area contributed by atoms with Gasteiger partial charge in [0.1, 0.15) is 11.4 Å². The number of rotatable bonds is 4. The second kappa shape index (κ2) is 8.15. The molecule has 8 heteroatoms. The highest BCUT2D eigenvalue weighted by Crippen LogP contribution is 2.35. The number of aromatic amines is 1. The fourth-order valence-electron chi connectivity index (χ4n) is 5.27. The third kappa shape index (κ3) is 3.90. The Kier molecular flexibility index (Phi) is 5.45. The van der Waals surface area contributed by atoms with Gasteiger partial charge in [-0.25, -0.2) is 8.42 Å². The average Bonchev–Trinajstić information content (AvgIpc) is 3.33. The van der Waals surface area contributed by atoms with Crippen LogP contribution in [-0.4, -0.2) is 48.1 Å². The molecule has 0 atom stereocenters. The van der Waals surface area contributed by atoms with Crippen LogP contribution in [0.15, 0.2) is 34.7 Å². The zero-order chi connectivity index (χ0) is 22.3. The number of aryl methyl sites for hydroxylation is 1.